The zero-order valence-corrected chi connectivity index (χ0v) is 19.7. The summed E-state index contributed by atoms with van der Waals surface area (Å²) in [6.45, 7) is -0.336. The minimum atomic E-state index is -1.71. The highest BCUT2D eigenvalue weighted by Gasteiger charge is 2.49. The van der Waals surface area contributed by atoms with Crippen LogP contribution in [0.1, 0.15) is 31.1 Å². The number of benzene rings is 3. The van der Waals surface area contributed by atoms with Crippen LogP contribution in [0.3, 0.4) is 0 Å². The third-order valence-corrected chi connectivity index (χ3v) is 6.01. The highest BCUT2D eigenvalue weighted by Crippen LogP contribution is 2.30. The molecule has 1 heterocycles. The van der Waals surface area contributed by atoms with Crippen molar-refractivity contribution < 1.29 is 38.4 Å². The van der Waals surface area contributed by atoms with E-state index in [0.717, 1.165) is 0 Å². The van der Waals surface area contributed by atoms with Gasteiger partial charge in [0.2, 0.25) is 0 Å². The molecule has 0 bridgehead atoms. The van der Waals surface area contributed by atoms with Crippen LogP contribution in [0.15, 0.2) is 91.0 Å². The van der Waals surface area contributed by atoms with E-state index in [1.54, 1.807) is 78.9 Å². The molecule has 3 aromatic rings. The van der Waals surface area contributed by atoms with E-state index in [0.29, 0.717) is 5.56 Å². The van der Waals surface area contributed by atoms with Crippen molar-refractivity contribution >= 4 is 29.5 Å². The van der Waals surface area contributed by atoms with Crippen molar-refractivity contribution in [3.05, 3.63) is 108 Å². The number of aliphatic hydroxyl groups is 1. The molecule has 0 radical (unpaired) electrons. The second-order valence-electron chi connectivity index (χ2n) is 7.95. The topological polar surface area (TPSA) is 108 Å². The molecule has 4 rings (SSSR count). The smallest absolute Gasteiger partial charge is 0.338 e. The van der Waals surface area contributed by atoms with Gasteiger partial charge in [-0.3, -0.25) is 0 Å². The van der Waals surface area contributed by atoms with Gasteiger partial charge < -0.3 is 24.1 Å². The summed E-state index contributed by atoms with van der Waals surface area (Å²) in [6, 6.07) is 24.6. The first kappa shape index (κ1) is 25.4. The summed E-state index contributed by atoms with van der Waals surface area (Å²) in [4.78, 5) is 37.8. The zero-order chi connectivity index (χ0) is 25.5. The predicted molar refractivity (Wildman–Crippen MR) is 129 cm³/mol. The van der Waals surface area contributed by atoms with E-state index in [9.17, 15) is 19.5 Å². The van der Waals surface area contributed by atoms with Crippen LogP contribution < -0.4 is 0 Å². The number of halogens is 1. The van der Waals surface area contributed by atoms with Crippen molar-refractivity contribution in [3.8, 4) is 0 Å². The van der Waals surface area contributed by atoms with Gasteiger partial charge in [0.05, 0.1) is 16.7 Å². The fourth-order valence-electron chi connectivity index (χ4n) is 3.62. The number of rotatable bonds is 7. The molecule has 9 heteroatoms. The maximum Gasteiger partial charge on any atom is 0.338 e. The Morgan fingerprint density at radius 1 is 0.694 bits per heavy atom. The lowest BCUT2D eigenvalue weighted by molar-refractivity contribution is -0.248. The number of ether oxygens (including phenoxy) is 4. The lowest BCUT2D eigenvalue weighted by atomic mass is 10.0. The molecule has 1 N–H and O–H groups in total. The van der Waals surface area contributed by atoms with Crippen LogP contribution in [-0.4, -0.2) is 59.6 Å². The molecule has 0 unspecified atom stereocenters. The van der Waals surface area contributed by atoms with Crippen molar-refractivity contribution in [1.29, 1.82) is 0 Å². The Morgan fingerprint density at radius 3 is 1.58 bits per heavy atom. The van der Waals surface area contributed by atoms with Gasteiger partial charge in [-0.15, -0.1) is 11.6 Å². The Morgan fingerprint density at radius 2 is 1.11 bits per heavy atom. The molecule has 1 fully saturated rings. The highest BCUT2D eigenvalue weighted by atomic mass is 35.5. The molecule has 0 amide bonds. The first-order valence-electron chi connectivity index (χ1n) is 11.2. The summed E-state index contributed by atoms with van der Waals surface area (Å²) < 4.78 is 21.9. The fourth-order valence-corrected chi connectivity index (χ4v) is 3.95. The SMILES string of the molecule is O=C(OC[C@H]1O[C@H](O)[C@H](OC(=O)c2ccccc2)[C@H](OC(=O)c2ccccc2)[C@@H]1Cl)c1ccccc1. The summed E-state index contributed by atoms with van der Waals surface area (Å²) in [5.74, 6) is -2.11. The summed E-state index contributed by atoms with van der Waals surface area (Å²) in [5, 5.41) is 9.57. The second kappa shape index (κ2) is 11.8. The third-order valence-electron chi connectivity index (χ3n) is 5.48. The first-order valence-corrected chi connectivity index (χ1v) is 11.6. The van der Waals surface area contributed by atoms with E-state index < -0.39 is 47.9 Å². The average molecular weight is 511 g/mol. The summed E-state index contributed by atoms with van der Waals surface area (Å²) >= 11 is 6.60. The largest absolute Gasteiger partial charge is 0.459 e. The van der Waals surface area contributed by atoms with Crippen molar-refractivity contribution in [3.63, 3.8) is 0 Å². The quantitative estimate of drug-likeness (QED) is 0.292. The third kappa shape index (κ3) is 6.09. The maximum atomic E-state index is 12.8. The lowest BCUT2D eigenvalue weighted by Gasteiger charge is -2.41. The number of carbonyl (C=O) groups excluding carboxylic acids is 3. The first-order chi connectivity index (χ1) is 17.4. The monoisotopic (exact) mass is 510 g/mol. The maximum absolute atomic E-state index is 12.8. The number of aliphatic hydroxyl groups excluding tert-OH is 1. The van der Waals surface area contributed by atoms with Crippen molar-refractivity contribution in [2.75, 3.05) is 6.61 Å². The normalized spacial score (nSPS) is 23.3. The van der Waals surface area contributed by atoms with Gasteiger partial charge >= 0.3 is 17.9 Å². The van der Waals surface area contributed by atoms with Gasteiger partial charge in [-0.2, -0.15) is 0 Å². The molecule has 0 aromatic heterocycles. The van der Waals surface area contributed by atoms with Crippen LogP contribution in [0.4, 0.5) is 0 Å². The molecule has 0 saturated carbocycles. The van der Waals surface area contributed by atoms with E-state index in [2.05, 4.69) is 0 Å². The number of carbonyl (C=O) groups is 3. The lowest BCUT2D eigenvalue weighted by Crippen LogP contribution is -2.59. The molecule has 1 aliphatic rings. The Labute approximate surface area is 212 Å². The molecule has 36 heavy (non-hydrogen) atoms. The Bertz CT molecular complexity index is 1170. The molecule has 1 aliphatic heterocycles. The molecule has 0 aliphatic carbocycles. The minimum absolute atomic E-state index is 0.225. The van der Waals surface area contributed by atoms with Crippen molar-refractivity contribution in [2.45, 2.75) is 30.0 Å². The van der Waals surface area contributed by atoms with Crippen LogP contribution in [0, 0.1) is 0 Å². The van der Waals surface area contributed by atoms with Gasteiger partial charge in [0, 0.05) is 0 Å². The van der Waals surface area contributed by atoms with Crippen LogP contribution in [0.25, 0.3) is 0 Å². The van der Waals surface area contributed by atoms with E-state index in [1.807, 2.05) is 0 Å². The molecule has 0 spiro atoms. The van der Waals surface area contributed by atoms with Crippen LogP contribution in [-0.2, 0) is 18.9 Å². The number of alkyl halides is 1. The standard InChI is InChI=1S/C27H23ClO8/c28-21-20(16-33-24(29)17-10-4-1-5-11-17)34-27(32)23(36-26(31)19-14-8-3-9-15-19)22(21)35-25(30)18-12-6-2-7-13-18/h1-15,20-23,27,32H,16H2/t20-,21-,22-,23-,27+/m1/s1. The number of hydrogen-bond donors (Lipinski definition) is 1. The van der Waals surface area contributed by atoms with Gasteiger partial charge in [-0.25, -0.2) is 14.4 Å². The van der Waals surface area contributed by atoms with Gasteiger partial charge in [0.1, 0.15) is 18.1 Å². The second-order valence-corrected chi connectivity index (χ2v) is 8.45. The van der Waals surface area contributed by atoms with Gasteiger partial charge in [0.15, 0.2) is 18.5 Å². The fraction of sp³-hybridized carbons (Fsp3) is 0.222. The highest BCUT2D eigenvalue weighted by molar-refractivity contribution is 6.21. The number of esters is 3. The Kier molecular flexibility index (Phi) is 8.32. The summed E-state index contributed by atoms with van der Waals surface area (Å²) in [5.41, 5.74) is 0.784. The van der Waals surface area contributed by atoms with Crippen molar-refractivity contribution in [2.24, 2.45) is 0 Å². The van der Waals surface area contributed by atoms with Crippen LogP contribution in [0.2, 0.25) is 0 Å². The average Bonchev–Trinajstić information content (AvgIpc) is 2.92. The Hall–Kier alpha value is -3.72. The van der Waals surface area contributed by atoms with Crippen LogP contribution in [0.5, 0.6) is 0 Å². The van der Waals surface area contributed by atoms with Gasteiger partial charge in [0.25, 0.3) is 0 Å². The minimum Gasteiger partial charge on any atom is -0.459 e. The molecular formula is C27H23ClO8. The number of hydrogen-bond acceptors (Lipinski definition) is 8. The van der Waals surface area contributed by atoms with E-state index in [1.165, 1.54) is 12.1 Å². The molecular weight excluding hydrogens is 488 g/mol. The molecule has 186 valence electrons. The predicted octanol–water partition coefficient (Wildman–Crippen LogP) is 3.62. The zero-order valence-electron chi connectivity index (χ0n) is 18.9. The van der Waals surface area contributed by atoms with Gasteiger partial charge in [-0.1, -0.05) is 54.6 Å². The van der Waals surface area contributed by atoms with Gasteiger partial charge in [-0.05, 0) is 36.4 Å². The van der Waals surface area contributed by atoms with E-state index in [4.69, 9.17) is 30.5 Å². The van der Waals surface area contributed by atoms with Crippen LogP contribution >= 0.6 is 11.6 Å². The molecule has 3 aromatic carbocycles. The summed E-state index contributed by atoms with van der Waals surface area (Å²) in [7, 11) is 0. The molecule has 8 nitrogen and oxygen atoms in total. The van der Waals surface area contributed by atoms with E-state index >= 15 is 0 Å². The van der Waals surface area contributed by atoms with Crippen molar-refractivity contribution in [1.82, 2.24) is 0 Å². The molecule has 5 atom stereocenters. The Balaban J connectivity index is 1.52. The summed E-state index contributed by atoms with van der Waals surface area (Å²) in [6.07, 6.45) is -5.51. The van der Waals surface area contributed by atoms with E-state index in [-0.39, 0.29) is 17.7 Å². The molecule has 1 saturated heterocycles.